The first kappa shape index (κ1) is 18.4. The molecule has 4 rings (SSSR count). The zero-order chi connectivity index (χ0) is 18.7. The smallest absolute Gasteiger partial charge is 0.253 e. The van der Waals surface area contributed by atoms with Gasteiger partial charge in [0.1, 0.15) is 0 Å². The molecule has 3 fully saturated rings. The van der Waals surface area contributed by atoms with E-state index in [1.807, 2.05) is 9.80 Å². The second-order valence-corrected chi connectivity index (χ2v) is 8.21. The number of carbonyl (C=O) groups is 2. The van der Waals surface area contributed by atoms with Crippen LogP contribution in [0, 0.1) is 5.92 Å². The number of carbonyl (C=O) groups excluding carboxylic acids is 2. The normalized spacial score (nSPS) is 25.0. The molecule has 6 nitrogen and oxygen atoms in total. The van der Waals surface area contributed by atoms with E-state index in [1.54, 1.807) is 24.5 Å². The minimum Gasteiger partial charge on any atom is -0.375 e. The number of amides is 2. The first-order chi connectivity index (χ1) is 13.2. The van der Waals surface area contributed by atoms with Crippen LogP contribution in [-0.4, -0.2) is 65.0 Å². The van der Waals surface area contributed by atoms with Crippen LogP contribution in [0.15, 0.2) is 24.5 Å². The second-order valence-electron chi connectivity index (χ2n) is 8.21. The molecule has 27 heavy (non-hydrogen) atoms. The average Bonchev–Trinajstić information content (AvgIpc) is 3.24. The molecular weight excluding hydrogens is 342 g/mol. The molecule has 3 saturated heterocycles. The molecule has 3 aliphatic rings. The summed E-state index contributed by atoms with van der Waals surface area (Å²) in [7, 11) is 0. The Morgan fingerprint density at radius 2 is 1.78 bits per heavy atom. The zero-order valence-electron chi connectivity index (χ0n) is 15.9. The van der Waals surface area contributed by atoms with Crippen LogP contribution >= 0.6 is 0 Å². The highest BCUT2D eigenvalue weighted by Crippen LogP contribution is 2.39. The molecule has 146 valence electrons. The van der Waals surface area contributed by atoms with Gasteiger partial charge in [-0.1, -0.05) is 0 Å². The molecule has 1 aromatic heterocycles. The summed E-state index contributed by atoms with van der Waals surface area (Å²) in [6.07, 6.45) is 9.90. The summed E-state index contributed by atoms with van der Waals surface area (Å²) in [6.45, 7) is 4.02. The Labute approximate surface area is 160 Å². The van der Waals surface area contributed by atoms with E-state index < -0.39 is 0 Å². The molecule has 0 radical (unpaired) electrons. The fourth-order valence-electron chi connectivity index (χ4n) is 4.79. The van der Waals surface area contributed by atoms with Gasteiger partial charge in [0, 0.05) is 57.2 Å². The largest absolute Gasteiger partial charge is 0.375 e. The number of nitrogens with zero attached hydrogens (tertiary/aromatic N) is 3. The number of piperidine rings is 1. The maximum Gasteiger partial charge on any atom is 0.253 e. The summed E-state index contributed by atoms with van der Waals surface area (Å²) >= 11 is 0. The van der Waals surface area contributed by atoms with Crippen LogP contribution in [-0.2, 0) is 9.53 Å². The Balaban J connectivity index is 1.32. The van der Waals surface area contributed by atoms with Crippen LogP contribution in [0.1, 0.15) is 55.3 Å². The topological polar surface area (TPSA) is 62.7 Å². The minimum atomic E-state index is -0.150. The first-order valence-corrected chi connectivity index (χ1v) is 10.3. The van der Waals surface area contributed by atoms with Gasteiger partial charge >= 0.3 is 0 Å². The Morgan fingerprint density at radius 1 is 1.07 bits per heavy atom. The van der Waals surface area contributed by atoms with E-state index in [2.05, 4.69) is 4.98 Å². The van der Waals surface area contributed by atoms with Gasteiger partial charge < -0.3 is 14.5 Å². The Morgan fingerprint density at radius 3 is 2.48 bits per heavy atom. The van der Waals surface area contributed by atoms with Crippen molar-refractivity contribution in [2.45, 2.75) is 50.5 Å². The highest BCUT2D eigenvalue weighted by Gasteiger charge is 2.42. The van der Waals surface area contributed by atoms with E-state index >= 15 is 0 Å². The highest BCUT2D eigenvalue weighted by atomic mass is 16.5. The summed E-state index contributed by atoms with van der Waals surface area (Å²) < 4.78 is 6.20. The number of aromatic nitrogens is 1. The van der Waals surface area contributed by atoms with E-state index in [1.165, 1.54) is 0 Å². The Bertz CT molecular complexity index is 665. The second kappa shape index (κ2) is 7.97. The summed E-state index contributed by atoms with van der Waals surface area (Å²) in [6, 6.07) is 3.54. The van der Waals surface area contributed by atoms with Crippen LogP contribution in [0.2, 0.25) is 0 Å². The number of pyridine rings is 1. The number of ether oxygens (including phenoxy) is 1. The lowest BCUT2D eigenvalue weighted by Gasteiger charge is -2.46. The lowest BCUT2D eigenvalue weighted by atomic mass is 9.78. The molecule has 0 bridgehead atoms. The van der Waals surface area contributed by atoms with Crippen molar-refractivity contribution in [1.29, 1.82) is 0 Å². The lowest BCUT2D eigenvalue weighted by molar-refractivity contribution is -0.140. The monoisotopic (exact) mass is 371 g/mol. The van der Waals surface area contributed by atoms with Gasteiger partial charge in [0.05, 0.1) is 5.60 Å². The lowest BCUT2D eigenvalue weighted by Crippen LogP contribution is -2.51. The van der Waals surface area contributed by atoms with Gasteiger partial charge in [-0.05, 0) is 56.6 Å². The number of rotatable bonds is 3. The standard InChI is InChI=1S/C21H29N3O3/c25-19(23-10-1-2-11-23)15-17-5-14-27-21(16-17)6-12-24(13-7-21)20(26)18-3-8-22-9-4-18/h3-4,8-9,17H,1-2,5-7,10-16H2. The molecule has 3 aliphatic heterocycles. The highest BCUT2D eigenvalue weighted by molar-refractivity contribution is 5.94. The van der Waals surface area contributed by atoms with E-state index in [4.69, 9.17) is 4.74 Å². The van der Waals surface area contributed by atoms with Gasteiger partial charge in [-0.25, -0.2) is 0 Å². The maximum absolute atomic E-state index is 12.6. The van der Waals surface area contributed by atoms with Crippen molar-refractivity contribution < 1.29 is 14.3 Å². The van der Waals surface area contributed by atoms with Crippen LogP contribution in [0.25, 0.3) is 0 Å². The third-order valence-corrected chi connectivity index (χ3v) is 6.41. The predicted octanol–water partition coefficient (Wildman–Crippen LogP) is 2.50. The Kier molecular flexibility index (Phi) is 5.43. The summed E-state index contributed by atoms with van der Waals surface area (Å²) in [5.41, 5.74) is 0.544. The van der Waals surface area contributed by atoms with Gasteiger partial charge in [0.15, 0.2) is 0 Å². The fourth-order valence-corrected chi connectivity index (χ4v) is 4.79. The molecule has 2 amide bonds. The maximum atomic E-state index is 12.6. The van der Waals surface area contributed by atoms with E-state index in [0.29, 0.717) is 36.9 Å². The first-order valence-electron chi connectivity index (χ1n) is 10.3. The number of hydrogen-bond acceptors (Lipinski definition) is 4. The van der Waals surface area contributed by atoms with Gasteiger partial charge in [-0.3, -0.25) is 14.6 Å². The van der Waals surface area contributed by atoms with Crippen molar-refractivity contribution >= 4 is 11.8 Å². The third kappa shape index (κ3) is 4.15. The molecule has 1 spiro atoms. The molecular formula is C21H29N3O3. The van der Waals surface area contributed by atoms with Gasteiger partial charge in [-0.2, -0.15) is 0 Å². The predicted molar refractivity (Wildman–Crippen MR) is 101 cm³/mol. The van der Waals surface area contributed by atoms with Crippen molar-refractivity contribution in [1.82, 2.24) is 14.8 Å². The Hall–Kier alpha value is -1.95. The zero-order valence-corrected chi connectivity index (χ0v) is 15.9. The molecule has 0 saturated carbocycles. The molecule has 6 heteroatoms. The minimum absolute atomic E-state index is 0.0730. The van der Waals surface area contributed by atoms with Crippen molar-refractivity contribution in [3.05, 3.63) is 30.1 Å². The van der Waals surface area contributed by atoms with Crippen molar-refractivity contribution in [3.8, 4) is 0 Å². The SMILES string of the molecule is O=C(CC1CCOC2(CCN(C(=O)c3ccncc3)CC2)C1)N1CCCC1. The molecule has 0 aromatic carbocycles. The van der Waals surface area contributed by atoms with Crippen LogP contribution in [0.3, 0.4) is 0 Å². The van der Waals surface area contributed by atoms with Gasteiger partial charge in [0.25, 0.3) is 5.91 Å². The van der Waals surface area contributed by atoms with Gasteiger partial charge in [0.2, 0.25) is 5.91 Å². The van der Waals surface area contributed by atoms with Crippen LogP contribution in [0.4, 0.5) is 0 Å². The molecule has 4 heterocycles. The molecule has 1 atom stereocenters. The van der Waals surface area contributed by atoms with Crippen molar-refractivity contribution in [3.63, 3.8) is 0 Å². The number of hydrogen-bond donors (Lipinski definition) is 0. The quantitative estimate of drug-likeness (QED) is 0.819. The van der Waals surface area contributed by atoms with Crippen molar-refractivity contribution in [2.24, 2.45) is 5.92 Å². The van der Waals surface area contributed by atoms with Crippen molar-refractivity contribution in [2.75, 3.05) is 32.8 Å². The summed E-state index contributed by atoms with van der Waals surface area (Å²) in [5, 5.41) is 0. The van der Waals surface area contributed by atoms with E-state index in [9.17, 15) is 9.59 Å². The molecule has 1 unspecified atom stereocenters. The molecule has 1 aromatic rings. The summed E-state index contributed by atoms with van der Waals surface area (Å²) in [5.74, 6) is 0.804. The molecule has 0 aliphatic carbocycles. The average molecular weight is 371 g/mol. The molecule has 0 N–H and O–H groups in total. The van der Waals surface area contributed by atoms with Crippen LogP contribution in [0.5, 0.6) is 0 Å². The number of likely N-dealkylation sites (tertiary alicyclic amines) is 2. The third-order valence-electron chi connectivity index (χ3n) is 6.41. The van der Waals surface area contributed by atoms with Crippen LogP contribution < -0.4 is 0 Å². The van der Waals surface area contributed by atoms with E-state index in [0.717, 1.165) is 58.2 Å². The summed E-state index contributed by atoms with van der Waals surface area (Å²) in [4.78, 5) is 33.1. The fraction of sp³-hybridized carbons (Fsp3) is 0.667. The van der Waals surface area contributed by atoms with E-state index in [-0.39, 0.29) is 11.5 Å². The van der Waals surface area contributed by atoms with Gasteiger partial charge in [-0.15, -0.1) is 0 Å².